The highest BCUT2D eigenvalue weighted by molar-refractivity contribution is 5.89. The summed E-state index contributed by atoms with van der Waals surface area (Å²) in [6, 6.07) is 3.27. The van der Waals surface area contributed by atoms with Gasteiger partial charge in [0.05, 0.1) is 5.56 Å². The van der Waals surface area contributed by atoms with E-state index in [1.807, 2.05) is 0 Å². The van der Waals surface area contributed by atoms with Crippen molar-refractivity contribution < 1.29 is 14.3 Å². The van der Waals surface area contributed by atoms with Crippen LogP contribution in [0.4, 0.5) is 4.39 Å². The van der Waals surface area contributed by atoms with Crippen LogP contribution >= 0.6 is 0 Å². The number of nitrogens with two attached hydrogens (primary N) is 1. The lowest BCUT2D eigenvalue weighted by Gasteiger charge is -2.10. The Bertz CT molecular complexity index is 336. The van der Waals surface area contributed by atoms with E-state index in [0.29, 0.717) is 0 Å². The largest absolute Gasteiger partial charge is 0.478 e. The van der Waals surface area contributed by atoms with E-state index >= 15 is 0 Å². The van der Waals surface area contributed by atoms with Gasteiger partial charge in [-0.15, -0.1) is 0 Å². The van der Waals surface area contributed by atoms with Gasteiger partial charge in [0.1, 0.15) is 5.82 Å². The Morgan fingerprint density at radius 3 is 2.62 bits per heavy atom. The van der Waals surface area contributed by atoms with Crippen LogP contribution in [-0.4, -0.2) is 11.1 Å². The molecule has 1 aromatic carbocycles. The molecular formula is C9H10FNO2. The third-order valence-corrected chi connectivity index (χ3v) is 1.74. The Morgan fingerprint density at radius 1 is 1.62 bits per heavy atom. The fourth-order valence-corrected chi connectivity index (χ4v) is 1.19. The van der Waals surface area contributed by atoms with Crippen LogP contribution in [0.1, 0.15) is 28.9 Å². The highest BCUT2D eigenvalue weighted by Crippen LogP contribution is 2.19. The van der Waals surface area contributed by atoms with Crippen LogP contribution in [0.2, 0.25) is 0 Å². The fourth-order valence-electron chi connectivity index (χ4n) is 1.19. The number of hydrogen-bond acceptors (Lipinski definition) is 2. The van der Waals surface area contributed by atoms with Gasteiger partial charge in [0.25, 0.3) is 0 Å². The molecular weight excluding hydrogens is 173 g/mol. The second-order valence-corrected chi connectivity index (χ2v) is 2.79. The Labute approximate surface area is 75.0 Å². The van der Waals surface area contributed by atoms with Crippen molar-refractivity contribution in [2.45, 2.75) is 13.0 Å². The van der Waals surface area contributed by atoms with E-state index in [0.717, 1.165) is 0 Å². The molecule has 0 saturated heterocycles. The smallest absolute Gasteiger partial charge is 0.336 e. The molecule has 0 fully saturated rings. The first-order valence-electron chi connectivity index (χ1n) is 3.81. The maximum atomic E-state index is 13.1. The number of benzene rings is 1. The molecule has 3 N–H and O–H groups in total. The first-order valence-corrected chi connectivity index (χ1v) is 3.81. The summed E-state index contributed by atoms with van der Waals surface area (Å²) in [5.74, 6) is -1.73. The maximum absolute atomic E-state index is 13.1. The van der Waals surface area contributed by atoms with Gasteiger partial charge in [-0.1, -0.05) is 6.07 Å². The number of carboxylic acids is 1. The molecule has 0 bridgehead atoms. The highest BCUT2D eigenvalue weighted by atomic mass is 19.1. The normalized spacial score (nSPS) is 12.5. The first-order chi connectivity index (χ1) is 6.04. The molecule has 0 aliphatic heterocycles. The van der Waals surface area contributed by atoms with Gasteiger partial charge in [0.2, 0.25) is 0 Å². The Morgan fingerprint density at radius 2 is 2.23 bits per heavy atom. The zero-order chi connectivity index (χ0) is 10.0. The summed E-state index contributed by atoms with van der Waals surface area (Å²) in [6.45, 7) is 1.55. The average molecular weight is 183 g/mol. The van der Waals surface area contributed by atoms with E-state index in [9.17, 15) is 9.18 Å². The van der Waals surface area contributed by atoms with E-state index in [2.05, 4.69) is 0 Å². The molecule has 3 nitrogen and oxygen atoms in total. The van der Waals surface area contributed by atoms with Crippen molar-refractivity contribution in [3.05, 3.63) is 35.1 Å². The van der Waals surface area contributed by atoms with Crippen molar-refractivity contribution >= 4 is 5.97 Å². The van der Waals surface area contributed by atoms with Gasteiger partial charge in [-0.2, -0.15) is 0 Å². The molecule has 0 saturated carbocycles. The summed E-state index contributed by atoms with van der Waals surface area (Å²) >= 11 is 0. The minimum Gasteiger partial charge on any atom is -0.478 e. The van der Waals surface area contributed by atoms with Crippen molar-refractivity contribution in [1.82, 2.24) is 0 Å². The molecule has 1 rings (SSSR count). The van der Waals surface area contributed by atoms with E-state index in [1.54, 1.807) is 6.92 Å². The van der Waals surface area contributed by atoms with Gasteiger partial charge in [0, 0.05) is 11.6 Å². The molecule has 0 aliphatic carbocycles. The van der Waals surface area contributed by atoms with Crippen molar-refractivity contribution in [1.29, 1.82) is 0 Å². The van der Waals surface area contributed by atoms with Crippen LogP contribution in [0.25, 0.3) is 0 Å². The molecule has 70 valence electrons. The maximum Gasteiger partial charge on any atom is 0.336 e. The molecule has 0 aliphatic rings. The summed E-state index contributed by atoms with van der Waals surface area (Å²) < 4.78 is 13.1. The predicted octanol–water partition coefficient (Wildman–Crippen LogP) is 1.54. The predicted molar refractivity (Wildman–Crippen MR) is 46.0 cm³/mol. The summed E-state index contributed by atoms with van der Waals surface area (Å²) in [5, 5.41) is 8.72. The van der Waals surface area contributed by atoms with Gasteiger partial charge < -0.3 is 10.8 Å². The first kappa shape index (κ1) is 9.67. The van der Waals surface area contributed by atoms with Gasteiger partial charge >= 0.3 is 5.97 Å². The topological polar surface area (TPSA) is 63.3 Å². The highest BCUT2D eigenvalue weighted by Gasteiger charge is 2.16. The second-order valence-electron chi connectivity index (χ2n) is 2.79. The van der Waals surface area contributed by atoms with Crippen LogP contribution in [0.5, 0.6) is 0 Å². The SMILES string of the molecule is CC(N)c1c(F)cccc1C(=O)O. The minimum absolute atomic E-state index is 0.0509. The molecule has 0 aromatic heterocycles. The Hall–Kier alpha value is -1.42. The van der Waals surface area contributed by atoms with Gasteiger partial charge in [0.15, 0.2) is 0 Å². The van der Waals surface area contributed by atoms with Crippen molar-refractivity contribution in [3.63, 3.8) is 0 Å². The minimum atomic E-state index is -1.16. The monoisotopic (exact) mass is 183 g/mol. The summed E-state index contributed by atoms with van der Waals surface area (Å²) in [7, 11) is 0. The number of aromatic carboxylic acids is 1. The van der Waals surface area contributed by atoms with E-state index in [1.165, 1.54) is 18.2 Å². The molecule has 1 unspecified atom stereocenters. The fraction of sp³-hybridized carbons (Fsp3) is 0.222. The standard InChI is InChI=1S/C9H10FNO2/c1-5(11)8-6(9(12)13)3-2-4-7(8)10/h2-5H,11H2,1H3,(H,12,13). The van der Waals surface area contributed by atoms with Crippen LogP contribution in [-0.2, 0) is 0 Å². The van der Waals surface area contributed by atoms with Crippen LogP contribution in [0.3, 0.4) is 0 Å². The van der Waals surface area contributed by atoms with Crippen LogP contribution in [0, 0.1) is 5.82 Å². The number of carbonyl (C=O) groups is 1. The quantitative estimate of drug-likeness (QED) is 0.731. The summed E-state index contributed by atoms with van der Waals surface area (Å²) in [4.78, 5) is 10.7. The van der Waals surface area contributed by atoms with E-state index < -0.39 is 17.8 Å². The molecule has 1 atom stereocenters. The molecule has 0 heterocycles. The molecule has 1 aromatic rings. The number of hydrogen-bond donors (Lipinski definition) is 2. The average Bonchev–Trinajstić information content (AvgIpc) is 2.02. The number of halogens is 1. The van der Waals surface area contributed by atoms with Crippen molar-refractivity contribution in [2.75, 3.05) is 0 Å². The van der Waals surface area contributed by atoms with Gasteiger partial charge in [-0.05, 0) is 19.1 Å². The zero-order valence-electron chi connectivity index (χ0n) is 7.12. The summed E-state index contributed by atoms with van der Waals surface area (Å²) in [5.41, 5.74) is 5.43. The third kappa shape index (κ3) is 1.84. The Balaban J connectivity index is 3.34. The second kappa shape index (κ2) is 3.53. The third-order valence-electron chi connectivity index (χ3n) is 1.74. The number of rotatable bonds is 2. The van der Waals surface area contributed by atoms with E-state index in [4.69, 9.17) is 10.8 Å². The molecule has 4 heteroatoms. The Kier molecular flexibility index (Phi) is 2.63. The molecule has 0 amide bonds. The van der Waals surface area contributed by atoms with Gasteiger partial charge in [-0.3, -0.25) is 0 Å². The van der Waals surface area contributed by atoms with E-state index in [-0.39, 0.29) is 11.1 Å². The molecule has 0 spiro atoms. The van der Waals surface area contributed by atoms with Crippen molar-refractivity contribution in [3.8, 4) is 0 Å². The lowest BCUT2D eigenvalue weighted by molar-refractivity contribution is 0.0694. The zero-order valence-corrected chi connectivity index (χ0v) is 7.12. The van der Waals surface area contributed by atoms with Crippen LogP contribution in [0.15, 0.2) is 18.2 Å². The summed E-state index contributed by atoms with van der Waals surface area (Å²) in [6.07, 6.45) is 0. The van der Waals surface area contributed by atoms with Crippen LogP contribution < -0.4 is 5.73 Å². The molecule has 13 heavy (non-hydrogen) atoms. The number of carboxylic acid groups (broad SMARTS) is 1. The molecule has 0 radical (unpaired) electrons. The van der Waals surface area contributed by atoms with Gasteiger partial charge in [-0.25, -0.2) is 9.18 Å². The lowest BCUT2D eigenvalue weighted by atomic mass is 10.0. The van der Waals surface area contributed by atoms with Crippen molar-refractivity contribution in [2.24, 2.45) is 5.73 Å². The lowest BCUT2D eigenvalue weighted by Crippen LogP contribution is -2.13.